The van der Waals surface area contributed by atoms with Crippen LogP contribution in [0.1, 0.15) is 19.3 Å². The summed E-state index contributed by atoms with van der Waals surface area (Å²) in [5.74, 6) is 0.545. The van der Waals surface area contributed by atoms with Gasteiger partial charge in [0.05, 0.1) is 18.0 Å². The smallest absolute Gasteiger partial charge is 0.269 e. The van der Waals surface area contributed by atoms with Gasteiger partial charge in [0.2, 0.25) is 0 Å². The monoisotopic (exact) mass is 281 g/mol. The van der Waals surface area contributed by atoms with E-state index in [0.29, 0.717) is 12.3 Å². The molecule has 0 spiro atoms. The molecule has 0 bridgehead atoms. The summed E-state index contributed by atoms with van der Waals surface area (Å²) in [6, 6.07) is 5.91. The highest BCUT2D eigenvalue weighted by molar-refractivity contribution is 5.35. The van der Waals surface area contributed by atoms with Gasteiger partial charge in [-0.25, -0.2) is 0 Å². The van der Waals surface area contributed by atoms with Crippen molar-refractivity contribution in [3.8, 4) is 5.75 Å². The summed E-state index contributed by atoms with van der Waals surface area (Å²) in [7, 11) is 0. The Balaban J connectivity index is 1.74. The maximum atomic E-state index is 10.5. The van der Waals surface area contributed by atoms with Gasteiger partial charge in [-0.2, -0.15) is 0 Å². The van der Waals surface area contributed by atoms with Crippen molar-refractivity contribution in [2.24, 2.45) is 0 Å². The second kappa shape index (κ2) is 7.21. The van der Waals surface area contributed by atoms with E-state index in [0.717, 1.165) is 13.1 Å². The Hall–Kier alpha value is -1.66. The minimum Gasteiger partial charge on any atom is -0.491 e. The Labute approximate surface area is 118 Å². The highest BCUT2D eigenvalue weighted by atomic mass is 16.6. The number of nitrogens with one attached hydrogen (secondary N) is 1. The van der Waals surface area contributed by atoms with Crippen molar-refractivity contribution in [2.45, 2.75) is 25.4 Å². The fourth-order valence-corrected chi connectivity index (χ4v) is 2.50. The first kappa shape index (κ1) is 14.7. The van der Waals surface area contributed by atoms with Gasteiger partial charge in [-0.15, -0.1) is 0 Å². The molecule has 1 aromatic rings. The van der Waals surface area contributed by atoms with Gasteiger partial charge in [-0.05, 0) is 31.4 Å². The van der Waals surface area contributed by atoms with E-state index >= 15 is 0 Å². The number of likely N-dealkylation sites (tertiary alicyclic amines) is 1. The van der Waals surface area contributed by atoms with Crippen LogP contribution >= 0.6 is 0 Å². The van der Waals surface area contributed by atoms with Gasteiger partial charge in [0.15, 0.2) is 0 Å². The molecule has 0 unspecified atom stereocenters. The van der Waals surface area contributed by atoms with E-state index in [2.05, 4.69) is 0 Å². The van der Waals surface area contributed by atoms with E-state index in [1.165, 1.54) is 36.3 Å². The standard InChI is InChI=1S/C14H20N2O4/c17-13(10-15-8-2-1-3-9-15)11-20-14-6-4-12(5-7-14)16(18)19/h4-7,13,17H,1-3,8-11H2/p+1/t13-/m1/s1. The Morgan fingerprint density at radius 1 is 1.25 bits per heavy atom. The zero-order chi connectivity index (χ0) is 14.4. The van der Waals surface area contributed by atoms with Gasteiger partial charge < -0.3 is 14.7 Å². The molecule has 1 atom stereocenters. The average molecular weight is 281 g/mol. The second-order valence-electron chi connectivity index (χ2n) is 5.23. The molecule has 2 rings (SSSR count). The lowest BCUT2D eigenvalue weighted by atomic mass is 10.1. The molecule has 110 valence electrons. The van der Waals surface area contributed by atoms with E-state index < -0.39 is 11.0 Å². The van der Waals surface area contributed by atoms with Crippen molar-refractivity contribution < 1.29 is 19.7 Å². The number of aliphatic hydroxyl groups is 1. The van der Waals surface area contributed by atoms with Crippen molar-refractivity contribution in [3.05, 3.63) is 34.4 Å². The molecule has 6 heteroatoms. The molecule has 1 aromatic carbocycles. The Kier molecular flexibility index (Phi) is 5.31. The topological polar surface area (TPSA) is 77.0 Å². The molecule has 0 aromatic heterocycles. The van der Waals surface area contributed by atoms with Crippen LogP contribution in [0.2, 0.25) is 0 Å². The summed E-state index contributed by atoms with van der Waals surface area (Å²) < 4.78 is 5.46. The van der Waals surface area contributed by atoms with Crippen LogP contribution in [0.5, 0.6) is 5.75 Å². The van der Waals surface area contributed by atoms with Gasteiger partial charge in [0, 0.05) is 12.1 Å². The van der Waals surface area contributed by atoms with E-state index in [1.54, 1.807) is 12.1 Å². The molecule has 0 radical (unpaired) electrons. The highest BCUT2D eigenvalue weighted by Crippen LogP contribution is 2.17. The first-order valence-corrected chi connectivity index (χ1v) is 7.04. The number of nitrogens with zero attached hydrogens (tertiary/aromatic N) is 1. The SMILES string of the molecule is O=[N+]([O-])c1ccc(OC[C@H](O)C[NH+]2CCCCC2)cc1. The van der Waals surface area contributed by atoms with Gasteiger partial charge >= 0.3 is 0 Å². The molecule has 1 fully saturated rings. The molecule has 0 saturated carbocycles. The van der Waals surface area contributed by atoms with Crippen molar-refractivity contribution in [3.63, 3.8) is 0 Å². The molecular weight excluding hydrogens is 260 g/mol. The van der Waals surface area contributed by atoms with Crippen molar-refractivity contribution in [1.82, 2.24) is 0 Å². The van der Waals surface area contributed by atoms with Gasteiger partial charge in [-0.3, -0.25) is 10.1 Å². The van der Waals surface area contributed by atoms with Crippen LogP contribution in [0.4, 0.5) is 5.69 Å². The van der Waals surface area contributed by atoms with Crippen LogP contribution in [0.3, 0.4) is 0 Å². The number of hydrogen-bond acceptors (Lipinski definition) is 4. The number of aliphatic hydroxyl groups excluding tert-OH is 1. The third-order valence-corrected chi connectivity index (χ3v) is 3.57. The lowest BCUT2D eigenvalue weighted by Crippen LogP contribution is -3.14. The summed E-state index contributed by atoms with van der Waals surface area (Å²) in [6.45, 7) is 3.16. The average Bonchev–Trinajstić information content (AvgIpc) is 2.46. The Morgan fingerprint density at radius 3 is 2.50 bits per heavy atom. The number of non-ortho nitro benzene ring substituents is 1. The lowest BCUT2D eigenvalue weighted by Gasteiger charge is -2.25. The van der Waals surface area contributed by atoms with Gasteiger partial charge in [-0.1, -0.05) is 0 Å². The van der Waals surface area contributed by atoms with E-state index in [1.807, 2.05) is 0 Å². The molecule has 1 aliphatic heterocycles. The largest absolute Gasteiger partial charge is 0.491 e. The van der Waals surface area contributed by atoms with Crippen molar-refractivity contribution in [1.29, 1.82) is 0 Å². The van der Waals surface area contributed by atoms with Crippen LogP contribution in [0.25, 0.3) is 0 Å². The van der Waals surface area contributed by atoms with Gasteiger partial charge in [0.1, 0.15) is 25.0 Å². The molecule has 1 saturated heterocycles. The Bertz CT molecular complexity index is 429. The predicted molar refractivity (Wildman–Crippen MR) is 74.0 cm³/mol. The first-order valence-electron chi connectivity index (χ1n) is 7.04. The number of nitro benzene ring substituents is 1. The number of piperidine rings is 1. The number of quaternary nitrogens is 1. The fraction of sp³-hybridized carbons (Fsp3) is 0.571. The Morgan fingerprint density at radius 2 is 1.90 bits per heavy atom. The number of nitro groups is 1. The van der Waals surface area contributed by atoms with Crippen LogP contribution in [0.15, 0.2) is 24.3 Å². The summed E-state index contributed by atoms with van der Waals surface area (Å²) in [4.78, 5) is 11.5. The predicted octanol–water partition coefficient (Wildman–Crippen LogP) is 0.403. The quantitative estimate of drug-likeness (QED) is 0.584. The lowest BCUT2D eigenvalue weighted by molar-refractivity contribution is -0.908. The molecular formula is C14H21N2O4+. The number of ether oxygens (including phenoxy) is 1. The number of benzene rings is 1. The number of hydrogen-bond donors (Lipinski definition) is 2. The summed E-state index contributed by atoms with van der Waals surface area (Å²) in [5, 5.41) is 20.5. The minimum atomic E-state index is -0.502. The molecule has 0 amide bonds. The van der Waals surface area contributed by atoms with Crippen molar-refractivity contribution >= 4 is 5.69 Å². The maximum absolute atomic E-state index is 10.5. The molecule has 6 nitrogen and oxygen atoms in total. The van der Waals surface area contributed by atoms with Crippen LogP contribution < -0.4 is 9.64 Å². The highest BCUT2D eigenvalue weighted by Gasteiger charge is 2.18. The third-order valence-electron chi connectivity index (χ3n) is 3.57. The molecule has 0 aliphatic carbocycles. The zero-order valence-electron chi connectivity index (χ0n) is 11.5. The van der Waals surface area contributed by atoms with Crippen LogP contribution in [-0.4, -0.2) is 42.4 Å². The normalized spacial score (nSPS) is 17.6. The molecule has 20 heavy (non-hydrogen) atoms. The van der Waals surface area contributed by atoms with E-state index in [9.17, 15) is 15.2 Å². The maximum Gasteiger partial charge on any atom is 0.269 e. The minimum absolute atomic E-state index is 0.0376. The second-order valence-corrected chi connectivity index (χ2v) is 5.23. The van der Waals surface area contributed by atoms with Crippen LogP contribution in [-0.2, 0) is 0 Å². The van der Waals surface area contributed by atoms with Crippen LogP contribution in [0, 0.1) is 10.1 Å². The third kappa shape index (κ3) is 4.47. The molecule has 2 N–H and O–H groups in total. The number of rotatable bonds is 6. The first-order chi connectivity index (χ1) is 9.65. The fourth-order valence-electron chi connectivity index (χ4n) is 2.50. The summed E-state index contributed by atoms with van der Waals surface area (Å²) in [5.41, 5.74) is 0.0376. The van der Waals surface area contributed by atoms with E-state index in [-0.39, 0.29) is 12.3 Å². The van der Waals surface area contributed by atoms with Crippen molar-refractivity contribution in [2.75, 3.05) is 26.2 Å². The van der Waals surface area contributed by atoms with Gasteiger partial charge in [0.25, 0.3) is 5.69 Å². The summed E-state index contributed by atoms with van der Waals surface area (Å²) >= 11 is 0. The summed E-state index contributed by atoms with van der Waals surface area (Å²) in [6.07, 6.45) is 3.24. The molecule has 1 aliphatic rings. The molecule has 1 heterocycles. The van der Waals surface area contributed by atoms with E-state index in [4.69, 9.17) is 4.74 Å². The zero-order valence-corrected chi connectivity index (χ0v) is 11.5.